The first-order valence-corrected chi connectivity index (χ1v) is 7.58. The van der Waals surface area contributed by atoms with Gasteiger partial charge in [-0.1, -0.05) is 26.8 Å². The SMILES string of the molecule is CC(C)(C)[C@H](c1ccc(OC(F)(F)F)c(F)c1)N1CCNCC1.Cl.Cl. The van der Waals surface area contributed by atoms with E-state index in [1.165, 1.54) is 6.07 Å². The highest BCUT2D eigenvalue weighted by atomic mass is 35.5. The molecule has 2 rings (SSSR count). The summed E-state index contributed by atoms with van der Waals surface area (Å²) in [6, 6.07) is 3.64. The number of ether oxygens (including phenoxy) is 1. The number of alkyl halides is 3. The molecule has 1 aromatic carbocycles. The number of rotatable bonds is 3. The summed E-state index contributed by atoms with van der Waals surface area (Å²) >= 11 is 0. The Morgan fingerprint density at radius 3 is 2.08 bits per heavy atom. The molecule has 0 saturated carbocycles. The van der Waals surface area contributed by atoms with Crippen molar-refractivity contribution in [2.75, 3.05) is 26.2 Å². The summed E-state index contributed by atoms with van der Waals surface area (Å²) in [5, 5.41) is 3.26. The number of piperazine rings is 1. The highest BCUT2D eigenvalue weighted by molar-refractivity contribution is 5.85. The van der Waals surface area contributed by atoms with Crippen molar-refractivity contribution in [1.82, 2.24) is 10.2 Å². The van der Waals surface area contributed by atoms with Crippen LogP contribution in [0.2, 0.25) is 0 Å². The van der Waals surface area contributed by atoms with E-state index < -0.39 is 17.9 Å². The monoisotopic (exact) mass is 406 g/mol. The van der Waals surface area contributed by atoms with Crippen LogP contribution in [-0.4, -0.2) is 37.4 Å². The van der Waals surface area contributed by atoms with Crippen LogP contribution in [0.1, 0.15) is 32.4 Å². The van der Waals surface area contributed by atoms with Crippen molar-refractivity contribution in [2.45, 2.75) is 33.2 Å². The first-order chi connectivity index (χ1) is 10.6. The van der Waals surface area contributed by atoms with Gasteiger partial charge in [0.15, 0.2) is 11.6 Å². The second kappa shape index (κ2) is 9.26. The van der Waals surface area contributed by atoms with Crippen molar-refractivity contribution < 1.29 is 22.3 Å². The predicted molar refractivity (Wildman–Crippen MR) is 94.2 cm³/mol. The summed E-state index contributed by atoms with van der Waals surface area (Å²) in [5.74, 6) is -1.79. The molecule has 1 aromatic rings. The molecule has 0 bridgehead atoms. The molecule has 1 aliphatic rings. The minimum Gasteiger partial charge on any atom is -0.403 e. The first kappa shape index (κ1) is 24.2. The third-order valence-corrected chi connectivity index (χ3v) is 3.83. The minimum atomic E-state index is -4.90. The standard InChI is InChI=1S/C16H22F4N2O.2ClH/c1-15(2,3)14(22-8-6-21-7-9-22)11-4-5-13(12(17)10-11)23-16(18,19)20;;/h4-5,10,14,21H,6-9H2,1-3H3;2*1H/t14-;;/m0../s1. The van der Waals surface area contributed by atoms with E-state index in [0.717, 1.165) is 38.3 Å². The van der Waals surface area contributed by atoms with Gasteiger partial charge in [0.1, 0.15) is 0 Å². The van der Waals surface area contributed by atoms with Gasteiger partial charge in [0.05, 0.1) is 0 Å². The van der Waals surface area contributed by atoms with Gasteiger partial charge >= 0.3 is 6.36 Å². The summed E-state index contributed by atoms with van der Waals surface area (Å²) in [6.45, 7) is 9.41. The van der Waals surface area contributed by atoms with Gasteiger partial charge in [-0.15, -0.1) is 38.0 Å². The normalized spacial score (nSPS) is 17.2. The van der Waals surface area contributed by atoms with Gasteiger partial charge in [0.2, 0.25) is 0 Å². The third kappa shape index (κ3) is 6.81. The number of hydrogen-bond acceptors (Lipinski definition) is 3. The van der Waals surface area contributed by atoms with Gasteiger partial charge in [-0.3, -0.25) is 4.90 Å². The molecule has 1 atom stereocenters. The largest absolute Gasteiger partial charge is 0.573 e. The van der Waals surface area contributed by atoms with E-state index >= 15 is 0 Å². The molecule has 0 aromatic heterocycles. The lowest BCUT2D eigenvalue weighted by molar-refractivity contribution is -0.275. The van der Waals surface area contributed by atoms with E-state index in [1.54, 1.807) is 0 Å². The van der Waals surface area contributed by atoms with Gasteiger partial charge in [-0.25, -0.2) is 4.39 Å². The average molecular weight is 407 g/mol. The van der Waals surface area contributed by atoms with Gasteiger partial charge in [-0.05, 0) is 23.1 Å². The fraction of sp³-hybridized carbons (Fsp3) is 0.625. The van der Waals surface area contributed by atoms with Crippen molar-refractivity contribution >= 4 is 24.8 Å². The van der Waals surface area contributed by atoms with Crippen LogP contribution in [0, 0.1) is 11.2 Å². The lowest BCUT2D eigenvalue weighted by atomic mass is 9.81. The van der Waals surface area contributed by atoms with E-state index in [2.05, 4.69) is 15.0 Å². The average Bonchev–Trinajstić information content (AvgIpc) is 2.40. The number of benzene rings is 1. The second-order valence-electron chi connectivity index (χ2n) is 6.79. The fourth-order valence-corrected chi connectivity index (χ4v) is 3.09. The zero-order valence-electron chi connectivity index (χ0n) is 14.3. The second-order valence-corrected chi connectivity index (χ2v) is 6.79. The van der Waals surface area contributed by atoms with E-state index in [4.69, 9.17) is 0 Å². The van der Waals surface area contributed by atoms with E-state index in [0.29, 0.717) is 5.56 Å². The third-order valence-electron chi connectivity index (χ3n) is 3.83. The maximum absolute atomic E-state index is 14.0. The Balaban J connectivity index is 0.00000288. The van der Waals surface area contributed by atoms with E-state index in [9.17, 15) is 17.6 Å². The zero-order valence-corrected chi connectivity index (χ0v) is 16.0. The number of halogens is 6. The zero-order chi connectivity index (χ0) is 17.3. The molecule has 0 amide bonds. The maximum atomic E-state index is 14.0. The molecule has 25 heavy (non-hydrogen) atoms. The lowest BCUT2D eigenvalue weighted by Gasteiger charge is -2.42. The van der Waals surface area contributed by atoms with E-state index in [-0.39, 0.29) is 36.3 Å². The van der Waals surface area contributed by atoms with Crippen molar-refractivity contribution in [3.8, 4) is 5.75 Å². The Morgan fingerprint density at radius 1 is 1.08 bits per heavy atom. The number of nitrogens with zero attached hydrogens (tertiary/aromatic N) is 1. The van der Waals surface area contributed by atoms with Gasteiger partial charge < -0.3 is 10.1 Å². The molecule has 0 unspecified atom stereocenters. The molecule has 0 spiro atoms. The molecule has 3 nitrogen and oxygen atoms in total. The summed E-state index contributed by atoms with van der Waals surface area (Å²) in [5.41, 5.74) is 0.474. The first-order valence-electron chi connectivity index (χ1n) is 7.58. The highest BCUT2D eigenvalue weighted by Crippen LogP contribution is 2.39. The molecule has 0 radical (unpaired) electrons. The Morgan fingerprint density at radius 2 is 1.64 bits per heavy atom. The van der Waals surface area contributed by atoms with Crippen LogP contribution in [0.3, 0.4) is 0 Å². The molecule has 9 heteroatoms. The van der Waals surface area contributed by atoms with Crippen LogP contribution in [0.5, 0.6) is 5.75 Å². The summed E-state index contributed by atoms with van der Waals surface area (Å²) in [7, 11) is 0. The smallest absolute Gasteiger partial charge is 0.403 e. The molecule has 1 heterocycles. The summed E-state index contributed by atoms with van der Waals surface area (Å²) in [6.07, 6.45) is -4.90. The van der Waals surface area contributed by atoms with E-state index in [1.807, 2.05) is 20.8 Å². The number of nitrogens with one attached hydrogen (secondary N) is 1. The molecule has 0 aliphatic carbocycles. The molecule has 1 aliphatic heterocycles. The predicted octanol–water partition coefficient (Wildman–Crippen LogP) is 4.56. The van der Waals surface area contributed by atoms with Crippen LogP contribution < -0.4 is 10.1 Å². The molecular formula is C16H24Cl2F4N2O. The Hall–Kier alpha value is -0.760. The van der Waals surface area contributed by atoms with Crippen molar-refractivity contribution in [3.05, 3.63) is 29.6 Å². The highest BCUT2D eigenvalue weighted by Gasteiger charge is 2.35. The Kier molecular flexibility index (Phi) is 8.97. The van der Waals surface area contributed by atoms with Crippen molar-refractivity contribution in [1.29, 1.82) is 0 Å². The van der Waals surface area contributed by atoms with Crippen LogP contribution in [0.15, 0.2) is 18.2 Å². The number of hydrogen-bond donors (Lipinski definition) is 1. The van der Waals surface area contributed by atoms with Crippen molar-refractivity contribution in [2.24, 2.45) is 5.41 Å². The molecule has 1 saturated heterocycles. The molecule has 146 valence electrons. The Bertz CT molecular complexity index is 544. The van der Waals surface area contributed by atoms with Crippen molar-refractivity contribution in [3.63, 3.8) is 0 Å². The van der Waals surface area contributed by atoms with Crippen LogP contribution in [0.4, 0.5) is 17.6 Å². The van der Waals surface area contributed by atoms with Crippen LogP contribution >= 0.6 is 24.8 Å². The van der Waals surface area contributed by atoms with Gasteiger partial charge in [0, 0.05) is 32.2 Å². The Labute approximate surface area is 157 Å². The van der Waals surface area contributed by atoms with Gasteiger partial charge in [-0.2, -0.15) is 0 Å². The van der Waals surface area contributed by atoms with Crippen LogP contribution in [0.25, 0.3) is 0 Å². The molecule has 1 N–H and O–H groups in total. The quantitative estimate of drug-likeness (QED) is 0.744. The lowest BCUT2D eigenvalue weighted by Crippen LogP contribution is -2.48. The van der Waals surface area contributed by atoms with Crippen LogP contribution in [-0.2, 0) is 0 Å². The van der Waals surface area contributed by atoms with Gasteiger partial charge in [0.25, 0.3) is 0 Å². The molecular weight excluding hydrogens is 383 g/mol. The molecule has 1 fully saturated rings. The summed E-state index contributed by atoms with van der Waals surface area (Å²) < 4.78 is 54.5. The maximum Gasteiger partial charge on any atom is 0.573 e. The minimum absolute atomic E-state index is 0. The fourth-order valence-electron chi connectivity index (χ4n) is 3.09. The summed E-state index contributed by atoms with van der Waals surface area (Å²) in [4.78, 5) is 2.23. The topological polar surface area (TPSA) is 24.5 Å².